The van der Waals surface area contributed by atoms with E-state index in [1.807, 2.05) is 40.6 Å². The lowest BCUT2D eigenvalue weighted by atomic mass is 10.4. The van der Waals surface area contributed by atoms with Gasteiger partial charge in [0.1, 0.15) is 6.54 Å². The van der Waals surface area contributed by atoms with E-state index in [4.69, 9.17) is 0 Å². The molecular formula is C19H23BrN6S. The fourth-order valence-electron chi connectivity index (χ4n) is 2.52. The number of nitrogens with zero attached hydrogens (tertiary/aromatic N) is 4. The van der Waals surface area contributed by atoms with Gasteiger partial charge in [0.05, 0.1) is 0 Å². The smallest absolute Gasteiger partial charge is 0.191 e. The van der Waals surface area contributed by atoms with Gasteiger partial charge < -0.3 is 10.6 Å². The van der Waals surface area contributed by atoms with Crippen molar-refractivity contribution in [3.05, 3.63) is 59.0 Å². The second-order valence-corrected chi connectivity index (χ2v) is 8.43. The molecule has 2 N–H and O–H groups in total. The predicted octanol–water partition coefficient (Wildman–Crippen LogP) is 3.73. The monoisotopic (exact) mass is 446 g/mol. The van der Waals surface area contributed by atoms with Crippen LogP contribution in [0.5, 0.6) is 0 Å². The van der Waals surface area contributed by atoms with Crippen LogP contribution in [0.4, 0.5) is 0 Å². The standard InChI is InChI=1S/C19H23BrN6S/c1-3-21-19(22-12-14(2)27-16-9-7-15(20)8-10-16)23-13-18-25-24-17-6-4-5-11-26(17)18/h4-11,14H,3,12-13H2,1-2H3,(H2,21,22,23). The Morgan fingerprint density at radius 3 is 2.78 bits per heavy atom. The molecule has 27 heavy (non-hydrogen) atoms. The molecule has 3 aromatic rings. The van der Waals surface area contributed by atoms with Gasteiger partial charge >= 0.3 is 0 Å². The molecule has 0 aliphatic rings. The van der Waals surface area contributed by atoms with E-state index in [1.165, 1.54) is 4.90 Å². The van der Waals surface area contributed by atoms with Crippen molar-refractivity contribution in [1.29, 1.82) is 0 Å². The first-order valence-electron chi connectivity index (χ1n) is 8.88. The summed E-state index contributed by atoms with van der Waals surface area (Å²) in [5, 5.41) is 15.5. The van der Waals surface area contributed by atoms with E-state index in [0.717, 1.165) is 35.0 Å². The number of thioether (sulfide) groups is 1. The fraction of sp³-hybridized carbons (Fsp3) is 0.316. The molecule has 0 bridgehead atoms. The Morgan fingerprint density at radius 2 is 2.00 bits per heavy atom. The van der Waals surface area contributed by atoms with E-state index in [-0.39, 0.29) is 0 Å². The van der Waals surface area contributed by atoms with Crippen molar-refractivity contribution in [2.24, 2.45) is 4.99 Å². The summed E-state index contributed by atoms with van der Waals surface area (Å²) in [6.45, 7) is 6.35. The van der Waals surface area contributed by atoms with Gasteiger partial charge in [-0.2, -0.15) is 0 Å². The number of guanidine groups is 1. The minimum Gasteiger partial charge on any atom is -0.357 e. The molecule has 0 spiro atoms. The van der Waals surface area contributed by atoms with Crippen LogP contribution < -0.4 is 10.6 Å². The van der Waals surface area contributed by atoms with Gasteiger partial charge in [-0.3, -0.25) is 4.40 Å². The van der Waals surface area contributed by atoms with Crippen LogP contribution in [0.15, 0.2) is 63.0 Å². The molecule has 6 nitrogen and oxygen atoms in total. The maximum absolute atomic E-state index is 4.65. The number of fused-ring (bicyclic) bond motifs is 1. The molecule has 0 amide bonds. The summed E-state index contributed by atoms with van der Waals surface area (Å²) in [6.07, 6.45) is 1.96. The van der Waals surface area contributed by atoms with Crippen LogP contribution >= 0.6 is 27.7 Å². The molecule has 1 atom stereocenters. The Balaban J connectivity index is 1.57. The number of aliphatic imine (C=N–C) groups is 1. The Hall–Kier alpha value is -2.06. The molecule has 2 aromatic heterocycles. The minimum atomic E-state index is 0.406. The molecule has 0 aliphatic carbocycles. The van der Waals surface area contributed by atoms with E-state index in [1.54, 1.807) is 0 Å². The van der Waals surface area contributed by atoms with E-state index < -0.39 is 0 Å². The molecular weight excluding hydrogens is 424 g/mol. The maximum atomic E-state index is 4.65. The van der Waals surface area contributed by atoms with Crippen LogP contribution in [0.2, 0.25) is 0 Å². The lowest BCUT2D eigenvalue weighted by Crippen LogP contribution is -2.40. The molecule has 3 rings (SSSR count). The van der Waals surface area contributed by atoms with Crippen molar-refractivity contribution >= 4 is 39.3 Å². The van der Waals surface area contributed by atoms with Gasteiger partial charge in [0.25, 0.3) is 0 Å². The van der Waals surface area contributed by atoms with Gasteiger partial charge in [-0.1, -0.05) is 28.9 Å². The Morgan fingerprint density at radius 1 is 1.19 bits per heavy atom. The number of hydrogen-bond acceptors (Lipinski definition) is 4. The van der Waals surface area contributed by atoms with Crippen LogP contribution in [-0.4, -0.2) is 38.9 Å². The minimum absolute atomic E-state index is 0.406. The zero-order valence-corrected chi connectivity index (χ0v) is 17.8. The first-order chi connectivity index (χ1) is 13.2. The van der Waals surface area contributed by atoms with Crippen LogP contribution in [0.25, 0.3) is 5.65 Å². The highest BCUT2D eigenvalue weighted by atomic mass is 79.9. The van der Waals surface area contributed by atoms with Gasteiger partial charge in [-0.25, -0.2) is 4.99 Å². The van der Waals surface area contributed by atoms with E-state index in [9.17, 15) is 0 Å². The van der Waals surface area contributed by atoms with Crippen LogP contribution in [0, 0.1) is 0 Å². The normalized spacial score (nSPS) is 12.9. The quantitative estimate of drug-likeness (QED) is 0.328. The second kappa shape index (κ2) is 9.75. The highest BCUT2D eigenvalue weighted by molar-refractivity contribution is 9.10. The molecule has 0 aliphatic heterocycles. The summed E-state index contributed by atoms with van der Waals surface area (Å²) >= 11 is 5.31. The van der Waals surface area contributed by atoms with Gasteiger partial charge in [0, 0.05) is 33.9 Å². The van der Waals surface area contributed by atoms with Crippen molar-refractivity contribution in [2.45, 2.75) is 30.5 Å². The summed E-state index contributed by atoms with van der Waals surface area (Å²) in [7, 11) is 0. The Labute approximate surface area is 172 Å². The summed E-state index contributed by atoms with van der Waals surface area (Å²) in [5.41, 5.74) is 0.833. The number of rotatable bonds is 7. The van der Waals surface area contributed by atoms with Gasteiger partial charge in [0.2, 0.25) is 0 Å². The SMILES string of the molecule is CCNC(=NCc1nnc2ccccn12)NCC(C)Sc1ccc(Br)cc1. The Bertz CT molecular complexity index is 893. The summed E-state index contributed by atoms with van der Waals surface area (Å²) in [4.78, 5) is 5.91. The largest absolute Gasteiger partial charge is 0.357 e. The van der Waals surface area contributed by atoms with Crippen molar-refractivity contribution in [1.82, 2.24) is 25.2 Å². The number of hydrogen-bond donors (Lipinski definition) is 2. The lowest BCUT2D eigenvalue weighted by molar-refractivity contribution is 0.784. The second-order valence-electron chi connectivity index (χ2n) is 6.00. The van der Waals surface area contributed by atoms with Crippen molar-refractivity contribution < 1.29 is 0 Å². The highest BCUT2D eigenvalue weighted by Crippen LogP contribution is 2.24. The zero-order valence-electron chi connectivity index (χ0n) is 15.4. The molecule has 142 valence electrons. The van der Waals surface area contributed by atoms with Crippen LogP contribution in [0.3, 0.4) is 0 Å². The van der Waals surface area contributed by atoms with E-state index >= 15 is 0 Å². The molecule has 8 heteroatoms. The molecule has 0 fully saturated rings. The van der Waals surface area contributed by atoms with E-state index in [2.05, 4.69) is 79.9 Å². The molecule has 1 unspecified atom stereocenters. The van der Waals surface area contributed by atoms with Crippen LogP contribution in [-0.2, 0) is 6.54 Å². The summed E-state index contributed by atoms with van der Waals surface area (Å²) < 4.78 is 3.05. The average Bonchev–Trinajstić information content (AvgIpc) is 3.09. The van der Waals surface area contributed by atoms with Gasteiger partial charge in [-0.15, -0.1) is 22.0 Å². The first-order valence-corrected chi connectivity index (χ1v) is 10.6. The molecule has 0 saturated carbocycles. The first kappa shape index (κ1) is 19.7. The number of halogens is 1. The van der Waals surface area contributed by atoms with Crippen molar-refractivity contribution in [2.75, 3.05) is 13.1 Å². The number of pyridine rings is 1. The number of aromatic nitrogens is 3. The summed E-state index contributed by atoms with van der Waals surface area (Å²) in [6, 6.07) is 14.2. The van der Waals surface area contributed by atoms with Crippen LogP contribution in [0.1, 0.15) is 19.7 Å². The van der Waals surface area contributed by atoms with Crippen molar-refractivity contribution in [3.63, 3.8) is 0 Å². The van der Waals surface area contributed by atoms with E-state index in [0.29, 0.717) is 11.8 Å². The Kier molecular flexibility index (Phi) is 7.11. The van der Waals surface area contributed by atoms with Crippen molar-refractivity contribution in [3.8, 4) is 0 Å². The third-order valence-corrected chi connectivity index (χ3v) is 5.46. The fourth-order valence-corrected chi connectivity index (χ4v) is 3.71. The average molecular weight is 447 g/mol. The van der Waals surface area contributed by atoms with Gasteiger partial charge in [-0.05, 0) is 43.3 Å². The maximum Gasteiger partial charge on any atom is 0.191 e. The molecule has 0 radical (unpaired) electrons. The summed E-state index contributed by atoms with van der Waals surface area (Å²) in [5.74, 6) is 1.61. The third-order valence-electron chi connectivity index (χ3n) is 3.82. The highest BCUT2D eigenvalue weighted by Gasteiger charge is 2.08. The zero-order chi connectivity index (χ0) is 19.1. The predicted molar refractivity (Wildman–Crippen MR) is 115 cm³/mol. The third kappa shape index (κ3) is 5.71. The lowest BCUT2D eigenvalue weighted by Gasteiger charge is -2.15. The molecule has 0 saturated heterocycles. The molecule has 1 aromatic carbocycles. The molecule has 2 heterocycles. The topological polar surface area (TPSA) is 66.6 Å². The number of benzene rings is 1. The number of nitrogens with one attached hydrogen (secondary N) is 2. The van der Waals surface area contributed by atoms with Gasteiger partial charge in [0.15, 0.2) is 17.4 Å².